The maximum Gasteiger partial charge on any atom is 0.311 e. The lowest BCUT2D eigenvalue weighted by molar-refractivity contribution is -0.386. The second-order valence-electron chi connectivity index (χ2n) is 3.82. The summed E-state index contributed by atoms with van der Waals surface area (Å²) in [4.78, 5) is 10.4. The molecule has 0 aliphatic heterocycles. The predicted molar refractivity (Wildman–Crippen MR) is 69.9 cm³/mol. The largest absolute Gasteiger partial charge is 0.453 e. The van der Waals surface area contributed by atoms with Crippen LogP contribution in [0.3, 0.4) is 0 Å². The molecule has 19 heavy (non-hydrogen) atoms. The molecule has 98 valence electrons. The molecule has 5 heteroatoms. The summed E-state index contributed by atoms with van der Waals surface area (Å²) in [5.74, 6) is 0.184. The molecule has 2 aromatic carbocycles. The molecule has 0 spiro atoms. The molecular formula is C14H13NO4. The first-order valence-electron chi connectivity index (χ1n) is 5.70. The number of nitro groups is 1. The van der Waals surface area contributed by atoms with Crippen LogP contribution in [0.4, 0.5) is 5.69 Å². The Balaban J connectivity index is 2.27. The summed E-state index contributed by atoms with van der Waals surface area (Å²) in [7, 11) is 1.49. The van der Waals surface area contributed by atoms with Crippen molar-refractivity contribution in [2.75, 3.05) is 7.11 Å². The normalized spacial score (nSPS) is 11.8. The van der Waals surface area contributed by atoms with Gasteiger partial charge in [-0.1, -0.05) is 42.5 Å². The molecule has 2 rings (SSSR count). The van der Waals surface area contributed by atoms with E-state index in [1.54, 1.807) is 18.2 Å². The lowest BCUT2D eigenvalue weighted by Crippen LogP contribution is -2.10. The number of benzene rings is 2. The Bertz CT molecular complexity index is 556. The number of nitrogens with zero attached hydrogens (tertiary/aromatic N) is 1. The van der Waals surface area contributed by atoms with Crippen LogP contribution in [0.25, 0.3) is 0 Å². The Morgan fingerprint density at radius 2 is 1.68 bits per heavy atom. The van der Waals surface area contributed by atoms with Gasteiger partial charge in [0.25, 0.3) is 0 Å². The van der Waals surface area contributed by atoms with Gasteiger partial charge in [-0.15, -0.1) is 0 Å². The van der Waals surface area contributed by atoms with E-state index in [1.807, 2.05) is 30.3 Å². The number of hydrogen-bond acceptors (Lipinski definition) is 4. The van der Waals surface area contributed by atoms with E-state index < -0.39 is 11.2 Å². The third-order valence-corrected chi connectivity index (χ3v) is 2.58. The zero-order valence-corrected chi connectivity index (χ0v) is 10.4. The minimum Gasteiger partial charge on any atom is -0.453 e. The maximum absolute atomic E-state index is 10.9. The minimum atomic E-state index is -0.678. The van der Waals surface area contributed by atoms with Gasteiger partial charge in [0.15, 0.2) is 0 Å². The molecule has 2 aromatic rings. The summed E-state index contributed by atoms with van der Waals surface area (Å²) in [5, 5.41) is 10.9. The van der Waals surface area contributed by atoms with Crippen LogP contribution in [-0.2, 0) is 4.74 Å². The van der Waals surface area contributed by atoms with Gasteiger partial charge in [-0.25, -0.2) is 0 Å². The van der Waals surface area contributed by atoms with Crippen LogP contribution in [0.5, 0.6) is 5.75 Å². The van der Waals surface area contributed by atoms with Crippen molar-refractivity contribution in [1.82, 2.24) is 0 Å². The van der Waals surface area contributed by atoms with Crippen molar-refractivity contribution in [3.05, 3.63) is 70.3 Å². The second kappa shape index (κ2) is 5.97. The molecule has 0 amide bonds. The quantitative estimate of drug-likeness (QED) is 0.469. The van der Waals surface area contributed by atoms with Crippen LogP contribution in [-0.4, -0.2) is 12.0 Å². The van der Waals surface area contributed by atoms with E-state index >= 15 is 0 Å². The predicted octanol–water partition coefficient (Wildman–Crippen LogP) is 3.32. The first-order chi connectivity index (χ1) is 9.22. The van der Waals surface area contributed by atoms with Gasteiger partial charge < -0.3 is 9.47 Å². The van der Waals surface area contributed by atoms with Crippen molar-refractivity contribution in [2.24, 2.45) is 0 Å². The summed E-state index contributed by atoms with van der Waals surface area (Å²) in [6.45, 7) is 0. The monoisotopic (exact) mass is 259 g/mol. The average Bonchev–Trinajstić information content (AvgIpc) is 2.46. The van der Waals surface area contributed by atoms with E-state index in [9.17, 15) is 10.1 Å². The molecule has 0 radical (unpaired) electrons. The summed E-state index contributed by atoms with van der Waals surface area (Å²) in [6.07, 6.45) is -0.678. The summed E-state index contributed by atoms with van der Waals surface area (Å²) >= 11 is 0. The number of nitro benzene ring substituents is 1. The van der Waals surface area contributed by atoms with E-state index in [-0.39, 0.29) is 11.4 Å². The highest BCUT2D eigenvalue weighted by Gasteiger charge is 2.19. The van der Waals surface area contributed by atoms with E-state index in [0.717, 1.165) is 5.56 Å². The van der Waals surface area contributed by atoms with Crippen molar-refractivity contribution >= 4 is 5.69 Å². The molecule has 0 saturated heterocycles. The number of rotatable bonds is 5. The van der Waals surface area contributed by atoms with Gasteiger partial charge in [0.2, 0.25) is 12.0 Å². The van der Waals surface area contributed by atoms with Crippen LogP contribution < -0.4 is 4.74 Å². The van der Waals surface area contributed by atoms with Crippen molar-refractivity contribution in [3.63, 3.8) is 0 Å². The molecule has 1 atom stereocenters. The van der Waals surface area contributed by atoms with Crippen LogP contribution in [0.1, 0.15) is 11.9 Å². The first-order valence-corrected chi connectivity index (χ1v) is 5.70. The number of para-hydroxylation sites is 2. The van der Waals surface area contributed by atoms with Gasteiger partial charge >= 0.3 is 5.69 Å². The highest BCUT2D eigenvalue weighted by Crippen LogP contribution is 2.30. The zero-order chi connectivity index (χ0) is 13.7. The van der Waals surface area contributed by atoms with E-state index in [0.29, 0.717) is 0 Å². The highest BCUT2D eigenvalue weighted by atomic mass is 16.7. The Hall–Kier alpha value is -2.40. The standard InChI is InChI=1S/C14H13NO4/c1-18-14(11-7-3-2-4-8-11)19-13-10-6-5-9-12(13)15(16)17/h2-10,14H,1H3. The Labute approximate surface area is 110 Å². The van der Waals surface area contributed by atoms with Gasteiger partial charge in [0.1, 0.15) is 0 Å². The molecule has 0 N–H and O–H groups in total. The third kappa shape index (κ3) is 3.08. The zero-order valence-electron chi connectivity index (χ0n) is 10.4. The van der Waals surface area contributed by atoms with E-state index in [1.165, 1.54) is 13.2 Å². The molecule has 0 aliphatic rings. The van der Waals surface area contributed by atoms with Crippen molar-refractivity contribution in [2.45, 2.75) is 6.29 Å². The van der Waals surface area contributed by atoms with Gasteiger partial charge in [-0.3, -0.25) is 10.1 Å². The lowest BCUT2D eigenvalue weighted by Gasteiger charge is -2.17. The highest BCUT2D eigenvalue weighted by molar-refractivity contribution is 5.46. The van der Waals surface area contributed by atoms with Gasteiger partial charge in [0.05, 0.1) is 4.92 Å². The van der Waals surface area contributed by atoms with Crippen LogP contribution in [0, 0.1) is 10.1 Å². The lowest BCUT2D eigenvalue weighted by atomic mass is 10.2. The van der Waals surface area contributed by atoms with Crippen molar-refractivity contribution in [3.8, 4) is 5.75 Å². The number of methoxy groups -OCH3 is 1. The molecule has 5 nitrogen and oxygen atoms in total. The van der Waals surface area contributed by atoms with E-state index in [2.05, 4.69) is 0 Å². The number of ether oxygens (including phenoxy) is 2. The molecule has 0 fully saturated rings. The summed E-state index contributed by atoms with van der Waals surface area (Å²) in [6, 6.07) is 15.5. The topological polar surface area (TPSA) is 61.6 Å². The molecule has 0 aromatic heterocycles. The fourth-order valence-electron chi connectivity index (χ4n) is 1.69. The Kier molecular flexibility index (Phi) is 4.10. The van der Waals surface area contributed by atoms with Gasteiger partial charge in [-0.2, -0.15) is 0 Å². The Morgan fingerprint density at radius 1 is 1.05 bits per heavy atom. The molecule has 0 saturated carbocycles. The fraction of sp³-hybridized carbons (Fsp3) is 0.143. The molecule has 0 bridgehead atoms. The van der Waals surface area contributed by atoms with Crippen molar-refractivity contribution < 1.29 is 14.4 Å². The average molecular weight is 259 g/mol. The maximum atomic E-state index is 10.9. The third-order valence-electron chi connectivity index (χ3n) is 2.58. The summed E-state index contributed by atoms with van der Waals surface area (Å²) in [5.41, 5.74) is 0.712. The SMILES string of the molecule is COC(Oc1ccccc1[N+](=O)[O-])c1ccccc1. The van der Waals surface area contributed by atoms with Gasteiger partial charge in [0, 0.05) is 18.7 Å². The van der Waals surface area contributed by atoms with Crippen LogP contribution >= 0.6 is 0 Å². The fourth-order valence-corrected chi connectivity index (χ4v) is 1.69. The molecule has 1 unspecified atom stereocenters. The summed E-state index contributed by atoms with van der Waals surface area (Å²) < 4.78 is 10.8. The van der Waals surface area contributed by atoms with E-state index in [4.69, 9.17) is 9.47 Å². The van der Waals surface area contributed by atoms with Gasteiger partial charge in [-0.05, 0) is 6.07 Å². The second-order valence-corrected chi connectivity index (χ2v) is 3.82. The van der Waals surface area contributed by atoms with Crippen LogP contribution in [0.2, 0.25) is 0 Å². The number of hydrogen-bond donors (Lipinski definition) is 0. The first kappa shape index (κ1) is 13.0. The van der Waals surface area contributed by atoms with Crippen molar-refractivity contribution in [1.29, 1.82) is 0 Å². The van der Waals surface area contributed by atoms with Crippen LogP contribution in [0.15, 0.2) is 54.6 Å². The molecular weight excluding hydrogens is 246 g/mol. The Morgan fingerprint density at radius 3 is 2.32 bits per heavy atom. The molecule has 0 aliphatic carbocycles. The smallest absolute Gasteiger partial charge is 0.311 e. The minimum absolute atomic E-state index is 0.0829. The molecule has 0 heterocycles.